The van der Waals surface area contributed by atoms with Crippen LogP contribution in [0, 0.1) is 23.7 Å². The minimum Gasteiger partial charge on any atom is -0.507 e. The van der Waals surface area contributed by atoms with Gasteiger partial charge >= 0.3 is 6.08 Å². The number of aliphatic hydroxyl groups is 1. The van der Waals surface area contributed by atoms with Crippen molar-refractivity contribution in [2.24, 2.45) is 29.4 Å². The number of allylic oxidation sites excluding steroid dienone is 1. The van der Waals surface area contributed by atoms with E-state index in [1.807, 2.05) is 19.9 Å². The topological polar surface area (TPSA) is 158 Å². The molecule has 4 rings (SSSR count). The van der Waals surface area contributed by atoms with Crippen LogP contribution in [0.15, 0.2) is 23.8 Å². The fourth-order valence-corrected chi connectivity index (χ4v) is 7.01. The SMILES string of the molecule is CC=C(C)CN(C)Cc1cc(C(F)=C(F)F)c2c(c1O)C(=O)C1C(=O)[C@]3(O)C(=O)C(C(N)=O)C(=O)[C@@H](N(C)C)[C@@H]3C[C@@H]1C2. The first-order valence-corrected chi connectivity index (χ1v) is 13.7. The van der Waals surface area contributed by atoms with Gasteiger partial charge < -0.3 is 15.9 Å². The highest BCUT2D eigenvalue weighted by Gasteiger charge is 2.69. The summed E-state index contributed by atoms with van der Waals surface area (Å²) in [6, 6.07) is -0.278. The number of Topliss-reactive ketones (excluding diaryl/α,β-unsaturated/α-hetero) is 4. The average molecular weight is 606 g/mol. The van der Waals surface area contributed by atoms with Gasteiger partial charge in [0.25, 0.3) is 0 Å². The molecule has 232 valence electrons. The Morgan fingerprint density at radius 2 is 1.77 bits per heavy atom. The van der Waals surface area contributed by atoms with E-state index in [4.69, 9.17) is 5.73 Å². The number of phenolic OH excluding ortho intramolecular Hbond substituents is 1. The number of benzene rings is 1. The van der Waals surface area contributed by atoms with Crippen LogP contribution in [0.1, 0.15) is 47.3 Å². The smallest absolute Gasteiger partial charge is 0.306 e. The van der Waals surface area contributed by atoms with Gasteiger partial charge in [0.15, 0.2) is 40.5 Å². The molecule has 3 aliphatic carbocycles. The molecule has 1 aromatic carbocycles. The summed E-state index contributed by atoms with van der Waals surface area (Å²) in [6.07, 6.45) is -1.44. The highest BCUT2D eigenvalue weighted by atomic mass is 19.3. The first-order chi connectivity index (χ1) is 20.0. The van der Waals surface area contributed by atoms with Gasteiger partial charge in [0.1, 0.15) is 5.75 Å². The highest BCUT2D eigenvalue weighted by molar-refractivity contribution is 6.32. The summed E-state index contributed by atoms with van der Waals surface area (Å²) in [5, 5.41) is 22.9. The van der Waals surface area contributed by atoms with Crippen molar-refractivity contribution in [3.05, 3.63) is 46.0 Å². The lowest BCUT2D eigenvalue weighted by molar-refractivity contribution is -0.181. The second-order valence-electron chi connectivity index (χ2n) is 12.0. The van der Waals surface area contributed by atoms with Crippen LogP contribution in [-0.4, -0.2) is 88.4 Å². The lowest BCUT2D eigenvalue weighted by Gasteiger charge is -2.52. The van der Waals surface area contributed by atoms with E-state index >= 15 is 0 Å². The molecule has 3 aliphatic rings. The molecule has 0 spiro atoms. The number of carbonyl (C=O) groups excluding carboxylic acids is 5. The Bertz CT molecular complexity index is 1500. The zero-order valence-electron chi connectivity index (χ0n) is 24.4. The summed E-state index contributed by atoms with van der Waals surface area (Å²) in [7, 11) is 4.54. The van der Waals surface area contributed by atoms with Crippen molar-refractivity contribution in [2.75, 3.05) is 27.7 Å². The zero-order chi connectivity index (χ0) is 32.3. The van der Waals surface area contributed by atoms with Crippen LogP contribution in [-0.2, 0) is 32.1 Å². The summed E-state index contributed by atoms with van der Waals surface area (Å²) in [5.41, 5.74) is 1.86. The predicted molar refractivity (Wildman–Crippen MR) is 147 cm³/mol. The number of likely N-dealkylation sites (N-methyl/N-ethyl adjacent to an activating group) is 2. The molecule has 2 saturated carbocycles. The van der Waals surface area contributed by atoms with Crippen molar-refractivity contribution >= 4 is 34.9 Å². The lowest BCUT2D eigenvalue weighted by atomic mass is 9.52. The summed E-state index contributed by atoms with van der Waals surface area (Å²) in [6.45, 7) is 3.98. The Balaban J connectivity index is 1.90. The number of nitrogens with zero attached hydrogens (tertiary/aromatic N) is 2. The van der Waals surface area contributed by atoms with E-state index < -0.39 is 93.1 Å². The molecule has 2 fully saturated rings. The molecule has 0 bridgehead atoms. The van der Waals surface area contributed by atoms with Gasteiger partial charge in [-0.15, -0.1) is 0 Å². The largest absolute Gasteiger partial charge is 0.507 e. The summed E-state index contributed by atoms with van der Waals surface area (Å²) < 4.78 is 42.2. The predicted octanol–water partition coefficient (Wildman–Crippen LogP) is 1.80. The molecule has 2 unspecified atom stereocenters. The molecule has 6 atom stereocenters. The van der Waals surface area contributed by atoms with Crippen molar-refractivity contribution in [3.8, 4) is 5.75 Å². The van der Waals surface area contributed by atoms with Gasteiger partial charge in [0.2, 0.25) is 5.91 Å². The zero-order valence-corrected chi connectivity index (χ0v) is 24.4. The van der Waals surface area contributed by atoms with Crippen LogP contribution in [0.4, 0.5) is 13.2 Å². The molecule has 4 N–H and O–H groups in total. The van der Waals surface area contributed by atoms with E-state index in [0.29, 0.717) is 6.54 Å². The number of aromatic hydroxyl groups is 1. The quantitative estimate of drug-likeness (QED) is 0.311. The minimum atomic E-state index is -2.94. The van der Waals surface area contributed by atoms with E-state index in [9.17, 15) is 47.4 Å². The van der Waals surface area contributed by atoms with E-state index in [-0.39, 0.29) is 30.5 Å². The molecule has 43 heavy (non-hydrogen) atoms. The van der Waals surface area contributed by atoms with Crippen LogP contribution in [0.2, 0.25) is 0 Å². The monoisotopic (exact) mass is 605 g/mol. The molecule has 0 heterocycles. The van der Waals surface area contributed by atoms with E-state index in [1.165, 1.54) is 19.0 Å². The van der Waals surface area contributed by atoms with Crippen LogP contribution in [0.25, 0.3) is 5.83 Å². The van der Waals surface area contributed by atoms with Crippen LogP contribution >= 0.6 is 0 Å². The van der Waals surface area contributed by atoms with Crippen LogP contribution in [0.5, 0.6) is 5.75 Å². The number of fused-ring (bicyclic) bond motifs is 3. The Hall–Kier alpha value is -3.68. The van der Waals surface area contributed by atoms with Crippen molar-refractivity contribution < 1.29 is 47.4 Å². The fraction of sp³-hybridized carbons (Fsp3) is 0.500. The number of hydrogen-bond donors (Lipinski definition) is 3. The Morgan fingerprint density at radius 3 is 2.30 bits per heavy atom. The molecule has 0 radical (unpaired) electrons. The van der Waals surface area contributed by atoms with Crippen molar-refractivity contribution in [1.82, 2.24) is 9.80 Å². The molecule has 0 aliphatic heterocycles. The summed E-state index contributed by atoms with van der Waals surface area (Å²) in [5.74, 6) is -14.9. The van der Waals surface area contributed by atoms with Gasteiger partial charge in [-0.3, -0.25) is 33.8 Å². The second kappa shape index (κ2) is 11.4. The Labute approximate surface area is 246 Å². The van der Waals surface area contributed by atoms with Gasteiger partial charge in [0, 0.05) is 30.1 Å². The number of hydrogen-bond acceptors (Lipinski definition) is 9. The van der Waals surface area contributed by atoms with E-state index in [0.717, 1.165) is 11.6 Å². The summed E-state index contributed by atoms with van der Waals surface area (Å²) >= 11 is 0. The van der Waals surface area contributed by atoms with Gasteiger partial charge in [-0.05, 0) is 65.4 Å². The number of amides is 1. The molecule has 0 saturated heterocycles. The van der Waals surface area contributed by atoms with Crippen molar-refractivity contribution in [2.45, 2.75) is 44.9 Å². The molecule has 1 aromatic rings. The Morgan fingerprint density at radius 1 is 1.14 bits per heavy atom. The first kappa shape index (κ1) is 32.2. The van der Waals surface area contributed by atoms with Gasteiger partial charge in [-0.25, -0.2) is 4.39 Å². The third kappa shape index (κ3) is 5.02. The molecular formula is C30H34F3N3O7. The molecule has 13 heteroatoms. The van der Waals surface area contributed by atoms with Crippen molar-refractivity contribution in [3.63, 3.8) is 0 Å². The van der Waals surface area contributed by atoms with Gasteiger partial charge in [0.05, 0.1) is 17.5 Å². The number of nitrogens with two attached hydrogens (primary N) is 1. The number of halogens is 3. The number of rotatable bonds is 7. The molecule has 10 nitrogen and oxygen atoms in total. The second-order valence-corrected chi connectivity index (χ2v) is 12.0. The number of primary amides is 1. The van der Waals surface area contributed by atoms with Crippen molar-refractivity contribution in [1.29, 1.82) is 0 Å². The first-order valence-electron chi connectivity index (χ1n) is 13.7. The maximum Gasteiger partial charge on any atom is 0.306 e. The lowest BCUT2D eigenvalue weighted by Crippen LogP contribution is -2.74. The standard InChI is InChI=1S/C30H34F3N3O7/c1-6-12(2)10-36(5)11-14-8-16(21(31)28(32)33)15-7-13-9-17-22(35(3)4)25(39)20(29(34)42)27(41)30(17,43)26(40)18(13)24(38)19(15)23(14)37/h6,8,13,17-18,20,22,37,43H,7,9-11H2,1-5H3,(H2,34,42)/t13-,17-,18?,20?,22-,30-/m0/s1. The third-order valence-corrected chi connectivity index (χ3v) is 9.00. The van der Waals surface area contributed by atoms with Gasteiger partial charge in [-0.1, -0.05) is 11.6 Å². The van der Waals surface area contributed by atoms with Crippen LogP contribution in [0.3, 0.4) is 0 Å². The number of carbonyl (C=O) groups is 5. The third-order valence-electron chi connectivity index (χ3n) is 9.00. The number of phenols is 1. The van der Waals surface area contributed by atoms with Gasteiger partial charge in [-0.2, -0.15) is 8.78 Å². The fourth-order valence-electron chi connectivity index (χ4n) is 7.01. The molecule has 1 amide bonds. The normalized spacial score (nSPS) is 29.0. The van der Waals surface area contributed by atoms with E-state index in [1.54, 1.807) is 11.9 Å². The Kier molecular flexibility index (Phi) is 8.57. The maximum atomic E-state index is 15.0. The molecular weight excluding hydrogens is 571 g/mol. The average Bonchev–Trinajstić information content (AvgIpc) is 2.91. The molecule has 0 aromatic heterocycles. The minimum absolute atomic E-state index is 0.0518. The maximum absolute atomic E-state index is 15.0. The van der Waals surface area contributed by atoms with E-state index in [2.05, 4.69) is 0 Å². The number of ketones is 4. The summed E-state index contributed by atoms with van der Waals surface area (Å²) in [4.78, 5) is 69.7. The van der Waals surface area contributed by atoms with Crippen LogP contribution < -0.4 is 5.73 Å². The highest BCUT2D eigenvalue weighted by Crippen LogP contribution is 2.52.